The van der Waals surface area contributed by atoms with Gasteiger partial charge in [0.15, 0.2) is 5.60 Å². The molecular weight excluding hydrogens is 192 g/mol. The Morgan fingerprint density at radius 3 is 2.40 bits per heavy atom. The van der Waals surface area contributed by atoms with Gasteiger partial charge in [0.25, 0.3) is 0 Å². The summed E-state index contributed by atoms with van der Waals surface area (Å²) in [5.41, 5.74) is -1.36. The fourth-order valence-electron chi connectivity index (χ4n) is 2.38. The van der Waals surface area contributed by atoms with Crippen LogP contribution < -0.4 is 0 Å². The highest BCUT2D eigenvalue weighted by Gasteiger charge is 2.48. The molecule has 0 saturated heterocycles. The molecule has 0 aromatic carbocycles. The van der Waals surface area contributed by atoms with E-state index >= 15 is 0 Å². The van der Waals surface area contributed by atoms with Gasteiger partial charge in [0.05, 0.1) is 5.60 Å². The van der Waals surface area contributed by atoms with Crippen LogP contribution in [0.3, 0.4) is 0 Å². The predicted octanol–water partition coefficient (Wildman–Crippen LogP) is 2.84. The Labute approximate surface area is 91.8 Å². The van der Waals surface area contributed by atoms with Crippen LogP contribution in [0.4, 0.5) is 0 Å². The number of hydrogen-bond acceptors (Lipinski definition) is 2. The first-order chi connectivity index (χ1) is 6.78. The van der Waals surface area contributed by atoms with E-state index in [0.29, 0.717) is 6.42 Å². The molecule has 0 bridgehead atoms. The van der Waals surface area contributed by atoms with Crippen LogP contribution in [0, 0.1) is 5.92 Å². The highest BCUT2D eigenvalue weighted by atomic mass is 16.5. The number of rotatable bonds is 2. The average molecular weight is 214 g/mol. The molecule has 1 saturated carbocycles. The first-order valence-corrected chi connectivity index (χ1v) is 5.71. The first-order valence-electron chi connectivity index (χ1n) is 5.71. The summed E-state index contributed by atoms with van der Waals surface area (Å²) in [6.07, 6.45) is 3.65. The molecule has 0 amide bonds. The second kappa shape index (κ2) is 4.12. The van der Waals surface area contributed by atoms with Crippen molar-refractivity contribution in [2.75, 3.05) is 0 Å². The minimum absolute atomic E-state index is 0.1000. The van der Waals surface area contributed by atoms with E-state index in [9.17, 15) is 9.90 Å². The third-order valence-electron chi connectivity index (χ3n) is 3.08. The molecule has 2 atom stereocenters. The zero-order valence-corrected chi connectivity index (χ0v) is 10.2. The number of carbonyl (C=O) groups is 1. The second-order valence-electron chi connectivity index (χ2n) is 5.56. The lowest BCUT2D eigenvalue weighted by molar-refractivity contribution is -0.203. The van der Waals surface area contributed by atoms with Gasteiger partial charge in [-0.25, -0.2) is 4.79 Å². The summed E-state index contributed by atoms with van der Waals surface area (Å²) in [5.74, 6) is -0.701. The van der Waals surface area contributed by atoms with Gasteiger partial charge in [-0.15, -0.1) is 0 Å². The molecule has 1 rings (SSSR count). The summed E-state index contributed by atoms with van der Waals surface area (Å²) < 4.78 is 5.84. The van der Waals surface area contributed by atoms with Crippen molar-refractivity contribution in [1.29, 1.82) is 0 Å². The molecule has 15 heavy (non-hydrogen) atoms. The van der Waals surface area contributed by atoms with Gasteiger partial charge in [0.1, 0.15) is 0 Å². The zero-order chi connectivity index (χ0) is 11.7. The summed E-state index contributed by atoms with van der Waals surface area (Å²) in [6, 6.07) is 0. The molecule has 1 fully saturated rings. The van der Waals surface area contributed by atoms with Gasteiger partial charge in [0, 0.05) is 0 Å². The molecular formula is C12H22O3. The SMILES string of the molecule is CC1CCCCC1(OC(C)(C)C)C(=O)O. The van der Waals surface area contributed by atoms with E-state index in [1.54, 1.807) is 0 Å². The Morgan fingerprint density at radius 1 is 1.40 bits per heavy atom. The largest absolute Gasteiger partial charge is 0.479 e. The van der Waals surface area contributed by atoms with Crippen LogP contribution in [-0.2, 0) is 9.53 Å². The van der Waals surface area contributed by atoms with Gasteiger partial charge in [-0.1, -0.05) is 13.3 Å². The smallest absolute Gasteiger partial charge is 0.336 e. The molecule has 88 valence electrons. The molecule has 1 aliphatic rings. The van der Waals surface area contributed by atoms with Crippen molar-refractivity contribution in [2.45, 2.75) is 64.6 Å². The van der Waals surface area contributed by atoms with Crippen molar-refractivity contribution in [3.8, 4) is 0 Å². The molecule has 0 aromatic heterocycles. The maximum Gasteiger partial charge on any atom is 0.336 e. The highest BCUT2D eigenvalue weighted by Crippen LogP contribution is 2.39. The zero-order valence-electron chi connectivity index (χ0n) is 10.2. The van der Waals surface area contributed by atoms with Crippen molar-refractivity contribution in [2.24, 2.45) is 5.92 Å². The first kappa shape index (κ1) is 12.5. The normalized spacial score (nSPS) is 32.7. The summed E-state index contributed by atoms with van der Waals surface area (Å²) in [7, 11) is 0. The minimum Gasteiger partial charge on any atom is -0.479 e. The molecule has 3 heteroatoms. The number of carboxylic acid groups (broad SMARTS) is 1. The second-order valence-corrected chi connectivity index (χ2v) is 5.56. The molecule has 2 unspecified atom stereocenters. The lowest BCUT2D eigenvalue weighted by Crippen LogP contribution is -2.52. The lowest BCUT2D eigenvalue weighted by atomic mass is 9.76. The Hall–Kier alpha value is -0.570. The third-order valence-corrected chi connectivity index (χ3v) is 3.08. The van der Waals surface area contributed by atoms with Crippen molar-refractivity contribution in [3.63, 3.8) is 0 Å². The van der Waals surface area contributed by atoms with Gasteiger partial charge >= 0.3 is 5.97 Å². The van der Waals surface area contributed by atoms with Crippen LogP contribution >= 0.6 is 0 Å². The number of aliphatic carboxylic acids is 1. The fourth-order valence-corrected chi connectivity index (χ4v) is 2.38. The van der Waals surface area contributed by atoms with Gasteiger partial charge in [-0.3, -0.25) is 0 Å². The van der Waals surface area contributed by atoms with E-state index in [1.165, 1.54) is 0 Å². The van der Waals surface area contributed by atoms with Gasteiger partial charge in [0.2, 0.25) is 0 Å². The van der Waals surface area contributed by atoms with Gasteiger partial charge in [-0.2, -0.15) is 0 Å². The molecule has 0 aromatic rings. The van der Waals surface area contributed by atoms with E-state index < -0.39 is 17.2 Å². The van der Waals surface area contributed by atoms with Crippen LogP contribution in [0.25, 0.3) is 0 Å². The molecule has 1 N–H and O–H groups in total. The Morgan fingerprint density at radius 2 is 2.00 bits per heavy atom. The molecule has 0 heterocycles. The third kappa shape index (κ3) is 2.71. The molecule has 0 aliphatic heterocycles. The quantitative estimate of drug-likeness (QED) is 0.768. The van der Waals surface area contributed by atoms with E-state index in [4.69, 9.17) is 4.74 Å². The maximum absolute atomic E-state index is 11.4. The van der Waals surface area contributed by atoms with Gasteiger partial charge < -0.3 is 9.84 Å². The highest BCUT2D eigenvalue weighted by molar-refractivity contribution is 5.78. The topological polar surface area (TPSA) is 46.5 Å². The Bertz CT molecular complexity index is 242. The maximum atomic E-state index is 11.4. The van der Waals surface area contributed by atoms with Crippen molar-refractivity contribution >= 4 is 5.97 Å². The molecule has 0 radical (unpaired) electrons. The summed E-state index contributed by atoms with van der Waals surface area (Å²) in [5, 5.41) is 9.40. The van der Waals surface area contributed by atoms with E-state index in [0.717, 1.165) is 19.3 Å². The predicted molar refractivity (Wildman–Crippen MR) is 58.8 cm³/mol. The van der Waals surface area contributed by atoms with Crippen LogP contribution in [-0.4, -0.2) is 22.3 Å². The van der Waals surface area contributed by atoms with Gasteiger partial charge in [-0.05, 0) is 46.0 Å². The summed E-state index contributed by atoms with van der Waals surface area (Å²) in [6.45, 7) is 7.73. The Kier molecular flexibility index (Phi) is 3.44. The van der Waals surface area contributed by atoms with Crippen molar-refractivity contribution in [3.05, 3.63) is 0 Å². The number of carboxylic acids is 1. The summed E-state index contributed by atoms with van der Waals surface area (Å²) >= 11 is 0. The number of hydrogen-bond donors (Lipinski definition) is 1. The monoisotopic (exact) mass is 214 g/mol. The molecule has 3 nitrogen and oxygen atoms in total. The van der Waals surface area contributed by atoms with E-state index in [-0.39, 0.29) is 5.92 Å². The Balaban J connectivity index is 2.91. The van der Waals surface area contributed by atoms with Crippen molar-refractivity contribution < 1.29 is 14.6 Å². The van der Waals surface area contributed by atoms with E-state index in [2.05, 4.69) is 0 Å². The van der Waals surface area contributed by atoms with Crippen molar-refractivity contribution in [1.82, 2.24) is 0 Å². The lowest BCUT2D eigenvalue weighted by Gasteiger charge is -2.43. The minimum atomic E-state index is -0.962. The van der Waals surface area contributed by atoms with Crippen LogP contribution in [0.15, 0.2) is 0 Å². The fraction of sp³-hybridized carbons (Fsp3) is 0.917. The molecule has 0 spiro atoms. The van der Waals surface area contributed by atoms with Crippen LogP contribution in [0.2, 0.25) is 0 Å². The summed E-state index contributed by atoms with van der Waals surface area (Å²) in [4.78, 5) is 11.4. The van der Waals surface area contributed by atoms with E-state index in [1.807, 2.05) is 27.7 Å². The van der Waals surface area contributed by atoms with Crippen LogP contribution in [0.1, 0.15) is 53.4 Å². The molecule has 1 aliphatic carbocycles. The average Bonchev–Trinajstić information content (AvgIpc) is 2.06. The number of ether oxygens (including phenoxy) is 1. The van der Waals surface area contributed by atoms with Crippen LogP contribution in [0.5, 0.6) is 0 Å². The standard InChI is InChI=1S/C12H22O3/c1-9-7-5-6-8-12(9,10(13)14)15-11(2,3)4/h9H,5-8H2,1-4H3,(H,13,14).